The summed E-state index contributed by atoms with van der Waals surface area (Å²) in [5.41, 5.74) is 0.797. The first kappa shape index (κ1) is 27.6. The van der Waals surface area contributed by atoms with Gasteiger partial charge in [0, 0.05) is 44.8 Å². The molecule has 0 spiro atoms. The van der Waals surface area contributed by atoms with E-state index in [1.54, 1.807) is 12.1 Å². The topological polar surface area (TPSA) is 102 Å². The van der Waals surface area contributed by atoms with Gasteiger partial charge in [-0.25, -0.2) is 4.79 Å². The van der Waals surface area contributed by atoms with Crippen molar-refractivity contribution in [3.05, 3.63) is 79.4 Å². The van der Waals surface area contributed by atoms with Crippen molar-refractivity contribution in [3.8, 4) is 0 Å². The molecule has 1 N–H and O–H groups in total. The molecule has 1 aliphatic heterocycles. The Morgan fingerprint density at radius 1 is 1.03 bits per heavy atom. The van der Waals surface area contributed by atoms with Crippen LogP contribution in [0.2, 0.25) is 20.1 Å². The van der Waals surface area contributed by atoms with Gasteiger partial charge in [-0.15, -0.1) is 0 Å². The highest BCUT2D eigenvalue weighted by atomic mass is 35.5. The van der Waals surface area contributed by atoms with Crippen LogP contribution in [-0.2, 0) is 35.9 Å². The van der Waals surface area contributed by atoms with Crippen molar-refractivity contribution in [2.45, 2.75) is 25.5 Å². The van der Waals surface area contributed by atoms with Crippen molar-refractivity contribution in [1.82, 2.24) is 9.03 Å². The van der Waals surface area contributed by atoms with Gasteiger partial charge >= 0.3 is 22.1 Å². The Labute approximate surface area is 222 Å². The number of hydrogen-bond donors (Lipinski definition) is 1. The average Bonchev–Trinajstić information content (AvgIpc) is 2.78. The first-order chi connectivity index (χ1) is 16.5. The van der Waals surface area contributed by atoms with Crippen molar-refractivity contribution in [2.75, 3.05) is 13.7 Å². The minimum atomic E-state index is -4.08. The van der Waals surface area contributed by atoms with Gasteiger partial charge in [0.05, 0.1) is 18.7 Å². The standard InChI is InChI=1S/C22H20Cl4N2O6S/c1-33-20(29)3-2-8-28-11-17(22(30)34-12-13-4-5-14(23)9-18(13)25)21(27-35(28,31)32)16-7-6-15(24)10-19(16)26/h4-7,9-11,21,27H,2-3,8,12H2,1H3. The molecule has 0 fully saturated rings. The minimum absolute atomic E-state index is 0.00233. The number of nitrogens with one attached hydrogen (secondary N) is 1. The zero-order chi connectivity index (χ0) is 25.8. The highest BCUT2D eigenvalue weighted by molar-refractivity contribution is 7.87. The van der Waals surface area contributed by atoms with E-state index in [1.807, 2.05) is 0 Å². The van der Waals surface area contributed by atoms with Crippen LogP contribution in [0.3, 0.4) is 0 Å². The molecule has 35 heavy (non-hydrogen) atoms. The smallest absolute Gasteiger partial charge is 0.337 e. The molecule has 1 aliphatic rings. The molecule has 1 unspecified atom stereocenters. The van der Waals surface area contributed by atoms with Gasteiger partial charge in [-0.2, -0.15) is 13.1 Å². The zero-order valence-electron chi connectivity index (χ0n) is 18.3. The number of nitrogens with zero attached hydrogens (tertiary/aromatic N) is 1. The van der Waals surface area contributed by atoms with Crippen LogP contribution in [0.15, 0.2) is 48.2 Å². The minimum Gasteiger partial charge on any atom is -0.469 e. The van der Waals surface area contributed by atoms with Crippen LogP contribution in [0.5, 0.6) is 0 Å². The summed E-state index contributed by atoms with van der Waals surface area (Å²) in [5, 5.41) is 1.23. The van der Waals surface area contributed by atoms with Crippen molar-refractivity contribution < 1.29 is 27.5 Å². The molecular formula is C22H20Cl4N2O6S. The lowest BCUT2D eigenvalue weighted by molar-refractivity contribution is -0.141. The Morgan fingerprint density at radius 2 is 1.69 bits per heavy atom. The highest BCUT2D eigenvalue weighted by Gasteiger charge is 2.37. The number of benzene rings is 2. The van der Waals surface area contributed by atoms with Crippen LogP contribution in [0.25, 0.3) is 0 Å². The van der Waals surface area contributed by atoms with Gasteiger partial charge < -0.3 is 9.47 Å². The molecule has 0 amide bonds. The molecule has 188 valence electrons. The fraction of sp³-hybridized carbons (Fsp3) is 0.273. The monoisotopic (exact) mass is 580 g/mol. The van der Waals surface area contributed by atoms with Gasteiger partial charge in [-0.1, -0.05) is 58.5 Å². The van der Waals surface area contributed by atoms with E-state index in [2.05, 4.69) is 9.46 Å². The SMILES string of the molecule is COC(=O)CCCN1C=C(C(=O)OCc2ccc(Cl)cc2Cl)C(c2ccc(Cl)cc2Cl)NS1(=O)=O. The number of halogens is 4. The summed E-state index contributed by atoms with van der Waals surface area (Å²) in [7, 11) is -2.84. The highest BCUT2D eigenvalue weighted by Crippen LogP contribution is 2.35. The Balaban J connectivity index is 1.92. The zero-order valence-corrected chi connectivity index (χ0v) is 22.1. The number of carbonyl (C=O) groups excluding carboxylic acids is 2. The number of carbonyl (C=O) groups is 2. The third-order valence-electron chi connectivity index (χ3n) is 5.04. The van der Waals surface area contributed by atoms with Gasteiger partial charge in [0.1, 0.15) is 6.61 Å². The normalized spacial score (nSPS) is 17.0. The largest absolute Gasteiger partial charge is 0.469 e. The first-order valence-corrected chi connectivity index (χ1v) is 13.1. The lowest BCUT2D eigenvalue weighted by atomic mass is 10.00. The molecule has 1 heterocycles. The molecule has 13 heteroatoms. The predicted octanol–water partition coefficient (Wildman–Crippen LogP) is 5.07. The third kappa shape index (κ3) is 7.03. The Morgan fingerprint density at radius 3 is 2.31 bits per heavy atom. The molecular weight excluding hydrogens is 562 g/mol. The van der Waals surface area contributed by atoms with E-state index in [9.17, 15) is 18.0 Å². The summed E-state index contributed by atoms with van der Waals surface area (Å²) in [4.78, 5) is 24.6. The van der Waals surface area contributed by atoms with Crippen molar-refractivity contribution >= 4 is 68.6 Å². The first-order valence-electron chi connectivity index (χ1n) is 10.2. The van der Waals surface area contributed by atoms with Crippen LogP contribution in [-0.4, -0.2) is 38.3 Å². The van der Waals surface area contributed by atoms with Crippen LogP contribution in [0.4, 0.5) is 0 Å². The quantitative estimate of drug-likeness (QED) is 0.437. The predicted molar refractivity (Wildman–Crippen MR) is 134 cm³/mol. The summed E-state index contributed by atoms with van der Waals surface area (Å²) in [6.07, 6.45) is 1.33. The molecule has 0 saturated carbocycles. The molecule has 3 rings (SSSR count). The fourth-order valence-electron chi connectivity index (χ4n) is 3.25. The van der Waals surface area contributed by atoms with Gasteiger partial charge in [0.15, 0.2) is 0 Å². The lowest BCUT2D eigenvalue weighted by Gasteiger charge is -2.32. The Hall–Kier alpha value is -2.01. The maximum Gasteiger partial charge on any atom is 0.337 e. The summed E-state index contributed by atoms with van der Waals surface area (Å²) in [5.74, 6) is -1.28. The molecule has 1 atom stereocenters. The Kier molecular flexibility index (Phi) is 9.31. The molecule has 0 radical (unpaired) electrons. The van der Waals surface area contributed by atoms with Gasteiger partial charge in [0.25, 0.3) is 0 Å². The van der Waals surface area contributed by atoms with Crippen LogP contribution in [0, 0.1) is 0 Å². The van der Waals surface area contributed by atoms with Crippen LogP contribution >= 0.6 is 46.4 Å². The van der Waals surface area contributed by atoms with Crippen molar-refractivity contribution in [1.29, 1.82) is 0 Å². The number of methoxy groups -OCH3 is 1. The third-order valence-corrected chi connectivity index (χ3v) is 7.63. The summed E-state index contributed by atoms with van der Waals surface area (Å²) < 4.78 is 39.2. The lowest BCUT2D eigenvalue weighted by Crippen LogP contribution is -2.46. The van der Waals surface area contributed by atoms with Gasteiger partial charge in [-0.05, 0) is 36.2 Å². The van der Waals surface area contributed by atoms with Crippen molar-refractivity contribution in [3.63, 3.8) is 0 Å². The summed E-state index contributed by atoms with van der Waals surface area (Å²) in [6.45, 7) is -0.256. The number of esters is 2. The Bertz CT molecular complexity index is 1270. The molecule has 0 aromatic heterocycles. The maximum absolute atomic E-state index is 13.1. The van der Waals surface area contributed by atoms with Gasteiger partial charge in [-0.3, -0.25) is 9.10 Å². The molecule has 0 aliphatic carbocycles. The molecule has 0 bridgehead atoms. The van der Waals surface area contributed by atoms with Crippen LogP contribution < -0.4 is 4.72 Å². The second-order valence-electron chi connectivity index (χ2n) is 7.41. The second-order valence-corrected chi connectivity index (χ2v) is 10.8. The summed E-state index contributed by atoms with van der Waals surface area (Å²) >= 11 is 24.3. The number of hydrogen-bond acceptors (Lipinski definition) is 6. The molecule has 0 saturated heterocycles. The molecule has 8 nitrogen and oxygen atoms in total. The van der Waals surface area contributed by atoms with E-state index in [1.165, 1.54) is 37.6 Å². The van der Waals surface area contributed by atoms with Crippen molar-refractivity contribution in [2.24, 2.45) is 0 Å². The van der Waals surface area contributed by atoms with E-state index in [-0.39, 0.29) is 36.6 Å². The van der Waals surface area contributed by atoms with E-state index < -0.39 is 28.2 Å². The summed E-state index contributed by atoms with van der Waals surface area (Å²) in [6, 6.07) is 8.06. The average molecular weight is 582 g/mol. The van der Waals surface area contributed by atoms with E-state index in [4.69, 9.17) is 51.1 Å². The van der Waals surface area contributed by atoms with E-state index >= 15 is 0 Å². The molecule has 2 aromatic rings. The van der Waals surface area contributed by atoms with E-state index in [0.29, 0.717) is 26.2 Å². The number of ether oxygens (including phenoxy) is 2. The second kappa shape index (κ2) is 11.8. The van der Waals surface area contributed by atoms with Gasteiger partial charge in [0.2, 0.25) is 0 Å². The number of rotatable bonds is 8. The maximum atomic E-state index is 13.1. The van der Waals surface area contributed by atoms with Crippen LogP contribution in [0.1, 0.15) is 30.0 Å². The molecule has 2 aromatic carbocycles. The van der Waals surface area contributed by atoms with E-state index in [0.717, 1.165) is 4.31 Å². The fourth-order valence-corrected chi connectivity index (χ4v) is 5.54.